The molecule has 1 atom stereocenters. The number of carbonyl (C=O) groups is 1. The summed E-state index contributed by atoms with van der Waals surface area (Å²) in [7, 11) is 0. The zero-order valence-electron chi connectivity index (χ0n) is 10.6. The van der Waals surface area contributed by atoms with E-state index in [0.717, 1.165) is 5.56 Å². The van der Waals surface area contributed by atoms with E-state index in [4.69, 9.17) is 0 Å². The molecule has 2 aliphatic rings. The van der Waals surface area contributed by atoms with Crippen molar-refractivity contribution in [2.24, 2.45) is 0 Å². The topological polar surface area (TPSA) is 20.3 Å². The van der Waals surface area contributed by atoms with Crippen molar-refractivity contribution in [1.29, 1.82) is 0 Å². The number of amides is 1. The molecule has 90 valence electrons. The van der Waals surface area contributed by atoms with Crippen LogP contribution in [-0.2, 0) is 0 Å². The second-order valence-corrected chi connectivity index (χ2v) is 5.36. The smallest absolute Gasteiger partial charge is 0.254 e. The molecule has 1 aliphatic heterocycles. The first kappa shape index (κ1) is 10.8. The molecule has 0 bridgehead atoms. The van der Waals surface area contributed by atoms with Gasteiger partial charge in [-0.05, 0) is 43.9 Å². The molecule has 0 N–H and O–H groups in total. The molecular weight excluding hydrogens is 210 g/mol. The van der Waals surface area contributed by atoms with Gasteiger partial charge in [-0.25, -0.2) is 0 Å². The van der Waals surface area contributed by atoms with Crippen LogP contribution in [-0.4, -0.2) is 16.8 Å². The fraction of sp³-hybridized carbons (Fsp3) is 0.533. The highest BCUT2D eigenvalue weighted by molar-refractivity contribution is 5.99. The van der Waals surface area contributed by atoms with E-state index < -0.39 is 0 Å². The summed E-state index contributed by atoms with van der Waals surface area (Å²) in [5.74, 6) is 0.253. The van der Waals surface area contributed by atoms with E-state index in [9.17, 15) is 4.79 Å². The normalized spacial score (nSPS) is 24.5. The summed E-state index contributed by atoms with van der Waals surface area (Å²) in [6, 6.07) is 6.83. The molecule has 1 aromatic carbocycles. The molecule has 1 aliphatic carbocycles. The van der Waals surface area contributed by atoms with E-state index in [0.29, 0.717) is 6.04 Å². The second-order valence-electron chi connectivity index (χ2n) is 5.36. The Morgan fingerprint density at radius 3 is 2.59 bits per heavy atom. The Balaban J connectivity index is 2.02. The number of fused-ring (bicyclic) bond motifs is 1. The predicted molar refractivity (Wildman–Crippen MR) is 68.0 cm³/mol. The van der Waals surface area contributed by atoms with Crippen LogP contribution in [0.25, 0.3) is 0 Å². The van der Waals surface area contributed by atoms with Crippen LogP contribution in [0.2, 0.25) is 0 Å². The highest BCUT2D eigenvalue weighted by atomic mass is 16.2. The minimum atomic E-state index is 0.253. The standard InChI is InChI=1S/C15H19NO/c1-10-6-5-9-13-14(10)11(2)16(15(13)17)12-7-3-4-8-12/h5-6,9,11-12H,3-4,7-8H2,1-2H3. The maximum atomic E-state index is 12.5. The molecule has 2 nitrogen and oxygen atoms in total. The first-order valence-corrected chi connectivity index (χ1v) is 6.62. The van der Waals surface area contributed by atoms with Gasteiger partial charge in [-0.3, -0.25) is 4.79 Å². The Morgan fingerprint density at radius 1 is 1.24 bits per heavy atom. The Bertz CT molecular complexity index is 460. The molecule has 0 radical (unpaired) electrons. The van der Waals surface area contributed by atoms with Crippen LogP contribution in [0.1, 0.15) is 60.1 Å². The number of benzene rings is 1. The van der Waals surface area contributed by atoms with Gasteiger partial charge in [0.15, 0.2) is 0 Å². The first-order valence-electron chi connectivity index (χ1n) is 6.62. The lowest BCUT2D eigenvalue weighted by atomic mass is 10.00. The zero-order valence-corrected chi connectivity index (χ0v) is 10.6. The largest absolute Gasteiger partial charge is 0.329 e. The van der Waals surface area contributed by atoms with Gasteiger partial charge < -0.3 is 4.90 Å². The summed E-state index contributed by atoms with van der Waals surface area (Å²) in [6.45, 7) is 4.29. The van der Waals surface area contributed by atoms with Gasteiger partial charge in [0.2, 0.25) is 0 Å². The maximum Gasteiger partial charge on any atom is 0.254 e. The zero-order chi connectivity index (χ0) is 12.0. The lowest BCUT2D eigenvalue weighted by Gasteiger charge is -2.29. The molecule has 1 fully saturated rings. The number of hydrogen-bond donors (Lipinski definition) is 0. The molecule has 1 amide bonds. The molecule has 1 aromatic rings. The van der Waals surface area contributed by atoms with Crippen LogP contribution in [0.4, 0.5) is 0 Å². The summed E-state index contributed by atoms with van der Waals surface area (Å²) >= 11 is 0. The minimum Gasteiger partial charge on any atom is -0.329 e. The van der Waals surface area contributed by atoms with Gasteiger partial charge in [-0.15, -0.1) is 0 Å². The fourth-order valence-corrected chi connectivity index (χ4v) is 3.54. The average molecular weight is 229 g/mol. The summed E-state index contributed by atoms with van der Waals surface area (Å²) in [4.78, 5) is 14.6. The number of carbonyl (C=O) groups excluding carboxylic acids is 1. The van der Waals surface area contributed by atoms with Gasteiger partial charge in [0.1, 0.15) is 0 Å². The Kier molecular flexibility index (Phi) is 2.46. The van der Waals surface area contributed by atoms with Crippen molar-refractivity contribution in [3.05, 3.63) is 34.9 Å². The number of hydrogen-bond acceptors (Lipinski definition) is 1. The lowest BCUT2D eigenvalue weighted by Crippen LogP contribution is -2.35. The lowest BCUT2D eigenvalue weighted by molar-refractivity contribution is 0.0648. The van der Waals surface area contributed by atoms with Crippen molar-refractivity contribution in [3.8, 4) is 0 Å². The number of rotatable bonds is 1. The molecule has 1 heterocycles. The Hall–Kier alpha value is -1.31. The van der Waals surface area contributed by atoms with Gasteiger partial charge in [0, 0.05) is 11.6 Å². The Morgan fingerprint density at radius 2 is 1.94 bits per heavy atom. The van der Waals surface area contributed by atoms with Gasteiger partial charge in [-0.2, -0.15) is 0 Å². The minimum absolute atomic E-state index is 0.253. The third-order valence-corrected chi connectivity index (χ3v) is 4.34. The van der Waals surface area contributed by atoms with Crippen LogP contribution in [0.5, 0.6) is 0 Å². The van der Waals surface area contributed by atoms with Gasteiger partial charge in [0.25, 0.3) is 5.91 Å². The van der Waals surface area contributed by atoms with Crippen LogP contribution in [0.15, 0.2) is 18.2 Å². The molecular formula is C15H19NO. The van der Waals surface area contributed by atoms with E-state index in [1.807, 2.05) is 12.1 Å². The molecule has 2 heteroatoms. The van der Waals surface area contributed by atoms with Crippen LogP contribution >= 0.6 is 0 Å². The predicted octanol–water partition coefficient (Wildman–Crippen LogP) is 3.45. The van der Waals surface area contributed by atoms with Crippen molar-refractivity contribution < 1.29 is 4.79 Å². The van der Waals surface area contributed by atoms with E-state index in [1.165, 1.54) is 36.8 Å². The van der Waals surface area contributed by atoms with Gasteiger partial charge in [0.05, 0.1) is 6.04 Å². The SMILES string of the molecule is Cc1cccc2c1C(C)N(C1CCCC1)C2=O. The first-order chi connectivity index (χ1) is 8.20. The van der Waals surface area contributed by atoms with E-state index in [1.54, 1.807) is 0 Å². The Labute approximate surface area is 103 Å². The van der Waals surface area contributed by atoms with E-state index >= 15 is 0 Å². The van der Waals surface area contributed by atoms with Crippen molar-refractivity contribution in [2.45, 2.75) is 51.6 Å². The van der Waals surface area contributed by atoms with Crippen LogP contribution in [0, 0.1) is 6.92 Å². The van der Waals surface area contributed by atoms with Gasteiger partial charge in [-0.1, -0.05) is 25.0 Å². The highest BCUT2D eigenvalue weighted by Crippen LogP contribution is 2.40. The molecule has 17 heavy (non-hydrogen) atoms. The molecule has 0 spiro atoms. The molecule has 0 saturated heterocycles. The second kappa shape index (κ2) is 3.86. The number of aryl methyl sites for hydroxylation is 1. The third kappa shape index (κ3) is 1.50. The monoisotopic (exact) mass is 229 g/mol. The molecule has 0 aromatic heterocycles. The highest BCUT2D eigenvalue weighted by Gasteiger charge is 2.39. The average Bonchev–Trinajstić information content (AvgIpc) is 2.88. The summed E-state index contributed by atoms with van der Waals surface area (Å²) in [5, 5.41) is 0. The summed E-state index contributed by atoms with van der Waals surface area (Å²) in [5.41, 5.74) is 3.44. The molecule has 1 unspecified atom stereocenters. The van der Waals surface area contributed by atoms with E-state index in [-0.39, 0.29) is 11.9 Å². The van der Waals surface area contributed by atoms with E-state index in [2.05, 4.69) is 24.8 Å². The quantitative estimate of drug-likeness (QED) is 0.722. The third-order valence-electron chi connectivity index (χ3n) is 4.34. The summed E-state index contributed by atoms with van der Waals surface area (Å²) in [6.07, 6.45) is 4.92. The van der Waals surface area contributed by atoms with Crippen LogP contribution in [0.3, 0.4) is 0 Å². The fourth-order valence-electron chi connectivity index (χ4n) is 3.54. The van der Waals surface area contributed by atoms with Crippen molar-refractivity contribution >= 4 is 5.91 Å². The van der Waals surface area contributed by atoms with Crippen molar-refractivity contribution in [3.63, 3.8) is 0 Å². The maximum absolute atomic E-state index is 12.5. The number of nitrogens with zero attached hydrogens (tertiary/aromatic N) is 1. The molecule has 3 rings (SSSR count). The summed E-state index contributed by atoms with van der Waals surface area (Å²) < 4.78 is 0. The van der Waals surface area contributed by atoms with Gasteiger partial charge >= 0.3 is 0 Å². The van der Waals surface area contributed by atoms with Crippen molar-refractivity contribution in [1.82, 2.24) is 4.90 Å². The molecule has 1 saturated carbocycles. The van der Waals surface area contributed by atoms with Crippen LogP contribution < -0.4 is 0 Å². The van der Waals surface area contributed by atoms with Crippen molar-refractivity contribution in [2.75, 3.05) is 0 Å².